The predicted molar refractivity (Wildman–Crippen MR) is 81.9 cm³/mol. The van der Waals surface area contributed by atoms with Gasteiger partial charge in [0.1, 0.15) is 18.0 Å². The van der Waals surface area contributed by atoms with Crippen molar-refractivity contribution in [3.63, 3.8) is 0 Å². The van der Waals surface area contributed by atoms with Gasteiger partial charge in [0.2, 0.25) is 0 Å². The summed E-state index contributed by atoms with van der Waals surface area (Å²) in [6.07, 6.45) is 7.78. The third kappa shape index (κ3) is 1.32. The Morgan fingerprint density at radius 2 is 2.23 bits per heavy atom. The number of nitrogens with zero attached hydrogens (tertiary/aromatic N) is 1. The first-order chi connectivity index (χ1) is 10.7. The van der Waals surface area contributed by atoms with Crippen molar-refractivity contribution < 1.29 is 14.6 Å². The average molecular weight is 301 g/mol. The molecule has 0 saturated carbocycles. The third-order valence-corrected chi connectivity index (χ3v) is 6.69. The number of methoxy groups -OCH3 is 1. The summed E-state index contributed by atoms with van der Waals surface area (Å²) in [6, 6.07) is 0.547. The molecule has 118 valence electrons. The first-order valence-corrected chi connectivity index (χ1v) is 8.40. The lowest BCUT2D eigenvalue weighted by molar-refractivity contribution is -0.0799. The van der Waals surface area contributed by atoms with Gasteiger partial charge >= 0.3 is 0 Å². The number of rotatable bonds is 1. The van der Waals surface area contributed by atoms with Crippen LogP contribution in [0.25, 0.3) is 0 Å². The number of hydrogen-bond acceptors (Lipinski definition) is 4. The number of piperidine rings is 1. The van der Waals surface area contributed by atoms with E-state index in [1.165, 1.54) is 5.57 Å². The first-order valence-electron chi connectivity index (χ1n) is 8.40. The largest absolute Gasteiger partial charge is 0.497 e. The van der Waals surface area contributed by atoms with Crippen molar-refractivity contribution in [3.05, 3.63) is 34.8 Å². The molecular weight excluding hydrogens is 278 g/mol. The van der Waals surface area contributed by atoms with Crippen molar-refractivity contribution in [1.82, 2.24) is 4.90 Å². The molecule has 0 unspecified atom stereocenters. The van der Waals surface area contributed by atoms with Crippen molar-refractivity contribution in [2.24, 2.45) is 11.3 Å². The van der Waals surface area contributed by atoms with Gasteiger partial charge in [0.05, 0.1) is 7.11 Å². The summed E-state index contributed by atoms with van der Waals surface area (Å²) >= 11 is 0. The fourth-order valence-electron chi connectivity index (χ4n) is 5.72. The molecule has 5 rings (SSSR count). The molecule has 5 atom stereocenters. The molecule has 1 N–H and O–H groups in total. The zero-order valence-electron chi connectivity index (χ0n) is 13.2. The molecule has 22 heavy (non-hydrogen) atoms. The minimum absolute atomic E-state index is 0.0293. The molecule has 0 radical (unpaired) electrons. The highest BCUT2D eigenvalue weighted by atomic mass is 16.5. The van der Waals surface area contributed by atoms with Crippen LogP contribution in [-0.4, -0.2) is 49.0 Å². The number of hydrogen-bond donors (Lipinski definition) is 1. The molecule has 0 amide bonds. The summed E-state index contributed by atoms with van der Waals surface area (Å²) in [6.45, 7) is 1.08. The maximum atomic E-state index is 10.6. The summed E-state index contributed by atoms with van der Waals surface area (Å²) in [5.74, 6) is 2.39. The van der Waals surface area contributed by atoms with Crippen LogP contribution in [0.3, 0.4) is 0 Å². The quantitative estimate of drug-likeness (QED) is 0.752. The predicted octanol–water partition coefficient (Wildman–Crippen LogP) is 1.97. The topological polar surface area (TPSA) is 41.9 Å². The van der Waals surface area contributed by atoms with E-state index in [4.69, 9.17) is 9.47 Å². The van der Waals surface area contributed by atoms with E-state index in [-0.39, 0.29) is 11.5 Å². The summed E-state index contributed by atoms with van der Waals surface area (Å²) < 4.78 is 12.0. The van der Waals surface area contributed by atoms with Crippen LogP contribution in [0.1, 0.15) is 25.7 Å². The van der Waals surface area contributed by atoms with Gasteiger partial charge in [-0.15, -0.1) is 0 Å². The van der Waals surface area contributed by atoms with Gasteiger partial charge < -0.3 is 19.5 Å². The van der Waals surface area contributed by atoms with E-state index >= 15 is 0 Å². The van der Waals surface area contributed by atoms with Gasteiger partial charge in [-0.1, -0.05) is 17.7 Å². The van der Waals surface area contributed by atoms with Crippen LogP contribution in [0.4, 0.5) is 0 Å². The molecule has 2 aliphatic heterocycles. The molecule has 5 aliphatic rings. The van der Waals surface area contributed by atoms with Crippen LogP contribution in [0.2, 0.25) is 0 Å². The van der Waals surface area contributed by atoms with E-state index in [9.17, 15) is 5.11 Å². The maximum absolute atomic E-state index is 10.6. The molecule has 0 aromatic heterocycles. The monoisotopic (exact) mass is 301 g/mol. The molecule has 2 saturated heterocycles. The van der Waals surface area contributed by atoms with E-state index in [0.717, 1.165) is 43.7 Å². The second-order valence-electron chi connectivity index (χ2n) is 7.42. The average Bonchev–Trinajstić information content (AvgIpc) is 2.88. The van der Waals surface area contributed by atoms with E-state index in [2.05, 4.69) is 18.0 Å². The summed E-state index contributed by atoms with van der Waals surface area (Å²) in [7, 11) is 3.98. The zero-order valence-corrected chi connectivity index (χ0v) is 13.2. The standard InChI is InChI=1S/C18H23NO3/c1-19-8-7-18-11-4-5-13(20)17(18)22-16-14(21-2)6-3-10(15(16)18)9-12(11)19/h4-5,11-13,17,20H,3,6-9H2,1-2H3/t11-,12+,13-,17-,18-/m0/s1. The normalized spacial score (nSPS) is 45.8. The van der Waals surface area contributed by atoms with Gasteiger partial charge in [0.15, 0.2) is 5.76 Å². The van der Waals surface area contributed by atoms with Crippen LogP contribution in [0.5, 0.6) is 0 Å². The lowest BCUT2D eigenvalue weighted by Crippen LogP contribution is -2.61. The van der Waals surface area contributed by atoms with Gasteiger partial charge in [0.25, 0.3) is 0 Å². The summed E-state index contributed by atoms with van der Waals surface area (Å²) in [5, 5.41) is 10.6. The molecule has 2 fully saturated rings. The highest BCUT2D eigenvalue weighted by Crippen LogP contribution is 2.65. The van der Waals surface area contributed by atoms with E-state index in [1.807, 2.05) is 6.08 Å². The highest BCUT2D eigenvalue weighted by molar-refractivity contribution is 5.52. The van der Waals surface area contributed by atoms with Crippen molar-refractivity contribution in [2.75, 3.05) is 20.7 Å². The number of allylic oxidation sites excluding steroid dienone is 2. The third-order valence-electron chi connectivity index (χ3n) is 6.69. The first kappa shape index (κ1) is 13.2. The zero-order chi connectivity index (χ0) is 15.1. The Morgan fingerprint density at radius 3 is 3.05 bits per heavy atom. The van der Waals surface area contributed by atoms with Crippen molar-refractivity contribution in [2.45, 2.75) is 43.9 Å². The summed E-state index contributed by atoms with van der Waals surface area (Å²) in [4.78, 5) is 2.51. The molecule has 2 bridgehead atoms. The van der Waals surface area contributed by atoms with E-state index in [1.54, 1.807) is 12.7 Å². The van der Waals surface area contributed by atoms with Crippen molar-refractivity contribution >= 4 is 0 Å². The second kappa shape index (κ2) is 4.18. The Labute approximate surface area is 131 Å². The number of ether oxygens (including phenoxy) is 2. The van der Waals surface area contributed by atoms with Crippen LogP contribution in [0.15, 0.2) is 34.8 Å². The van der Waals surface area contributed by atoms with Crippen LogP contribution < -0.4 is 0 Å². The molecular formula is C18H23NO3. The molecule has 0 aromatic rings. The molecule has 1 spiro atoms. The number of aliphatic hydroxyl groups is 1. The minimum atomic E-state index is -0.511. The number of aliphatic hydroxyl groups excluding tert-OH is 1. The van der Waals surface area contributed by atoms with E-state index < -0.39 is 6.10 Å². The Kier molecular flexibility index (Phi) is 2.51. The van der Waals surface area contributed by atoms with E-state index in [0.29, 0.717) is 12.0 Å². The Balaban J connectivity index is 1.78. The summed E-state index contributed by atoms with van der Waals surface area (Å²) in [5.41, 5.74) is 2.92. The smallest absolute Gasteiger partial charge is 0.161 e. The van der Waals surface area contributed by atoms with Gasteiger partial charge in [-0.25, -0.2) is 0 Å². The lowest BCUT2D eigenvalue weighted by atomic mass is 9.52. The maximum Gasteiger partial charge on any atom is 0.161 e. The van der Waals surface area contributed by atoms with Crippen LogP contribution in [0, 0.1) is 11.3 Å². The van der Waals surface area contributed by atoms with Crippen LogP contribution in [-0.2, 0) is 9.47 Å². The van der Waals surface area contributed by atoms with Gasteiger partial charge in [0, 0.05) is 29.4 Å². The Morgan fingerprint density at radius 1 is 1.36 bits per heavy atom. The highest BCUT2D eigenvalue weighted by Gasteiger charge is 2.65. The lowest BCUT2D eigenvalue weighted by Gasteiger charge is -2.56. The minimum Gasteiger partial charge on any atom is -0.497 e. The molecule has 0 aromatic carbocycles. The second-order valence-corrected chi connectivity index (χ2v) is 7.42. The molecule has 4 heteroatoms. The molecule has 2 heterocycles. The Hall–Kier alpha value is -1.26. The molecule has 4 nitrogen and oxygen atoms in total. The van der Waals surface area contributed by atoms with Crippen molar-refractivity contribution in [1.29, 1.82) is 0 Å². The SMILES string of the molecule is COC1=C2O[C@H]3[C@@H](O)C=C[C@H]4[C@H]5CC(=C2[C@]43CCN5C)CC1. The number of likely N-dealkylation sites (tertiary alicyclic amines) is 1. The van der Waals surface area contributed by atoms with Crippen molar-refractivity contribution in [3.8, 4) is 0 Å². The molecule has 3 aliphatic carbocycles. The van der Waals surface area contributed by atoms with Gasteiger partial charge in [-0.05, 0) is 32.9 Å². The Bertz CT molecular complexity index is 634. The van der Waals surface area contributed by atoms with Gasteiger partial charge in [-0.2, -0.15) is 0 Å². The van der Waals surface area contributed by atoms with Crippen LogP contribution >= 0.6 is 0 Å². The fraction of sp³-hybridized carbons (Fsp3) is 0.667. The van der Waals surface area contributed by atoms with Gasteiger partial charge in [-0.3, -0.25) is 0 Å². The fourth-order valence-corrected chi connectivity index (χ4v) is 5.72.